The van der Waals surface area contributed by atoms with Crippen molar-refractivity contribution in [3.63, 3.8) is 0 Å². The molecule has 92 valence electrons. The van der Waals surface area contributed by atoms with Crippen molar-refractivity contribution in [2.75, 3.05) is 32.6 Å². The molecular weight excluding hydrogens is 230 g/mol. The van der Waals surface area contributed by atoms with Gasteiger partial charge < -0.3 is 9.33 Å². The summed E-state index contributed by atoms with van der Waals surface area (Å²) in [5.74, 6) is 0.691. The highest BCUT2D eigenvalue weighted by atomic mass is 35.5. The van der Waals surface area contributed by atoms with Crippen LogP contribution in [0.15, 0.2) is 0 Å². The number of hydrogen-bond acceptors (Lipinski definition) is 2. The van der Waals surface area contributed by atoms with E-state index in [0.717, 1.165) is 19.7 Å². The van der Waals surface area contributed by atoms with Crippen LogP contribution in [0.5, 0.6) is 0 Å². The maximum absolute atomic E-state index is 6.07. The molecule has 0 aromatic rings. The third-order valence-corrected chi connectivity index (χ3v) is 7.92. The van der Waals surface area contributed by atoms with Crippen molar-refractivity contribution in [1.82, 2.24) is 4.90 Å². The smallest absolute Gasteiger partial charge is 0.192 e. The first kappa shape index (κ1) is 15.4. The van der Waals surface area contributed by atoms with Crippen LogP contribution in [0.3, 0.4) is 0 Å². The molecule has 0 aliphatic carbocycles. The largest absolute Gasteiger partial charge is 0.416 e. The average Bonchev–Trinajstić information content (AvgIpc) is 2.01. The summed E-state index contributed by atoms with van der Waals surface area (Å²) in [4.78, 5) is 2.21. The van der Waals surface area contributed by atoms with Gasteiger partial charge in [-0.15, -0.1) is 11.6 Å². The number of halogens is 1. The van der Waals surface area contributed by atoms with Crippen LogP contribution in [0.25, 0.3) is 0 Å². The number of alkyl halides is 1. The highest BCUT2D eigenvalue weighted by molar-refractivity contribution is 6.74. The van der Waals surface area contributed by atoms with Crippen molar-refractivity contribution < 1.29 is 4.43 Å². The van der Waals surface area contributed by atoms with Crippen LogP contribution in [0.4, 0.5) is 0 Å². The first-order valence-electron chi connectivity index (χ1n) is 5.59. The third-order valence-electron chi connectivity index (χ3n) is 3.21. The Morgan fingerprint density at radius 1 is 1.20 bits per heavy atom. The molecule has 0 aromatic heterocycles. The number of likely N-dealkylation sites (N-methyl/N-ethyl adjacent to an activating group) is 1. The molecule has 0 aliphatic rings. The lowest BCUT2D eigenvalue weighted by molar-refractivity contribution is 0.228. The number of nitrogens with zero attached hydrogens (tertiary/aromatic N) is 1. The van der Waals surface area contributed by atoms with Gasteiger partial charge in [0.05, 0.1) is 0 Å². The fourth-order valence-corrected chi connectivity index (χ4v) is 2.25. The van der Waals surface area contributed by atoms with Crippen molar-refractivity contribution in [2.45, 2.75) is 38.9 Å². The fourth-order valence-electron chi connectivity index (χ4n) is 0.929. The zero-order chi connectivity index (χ0) is 12.1. The molecule has 0 rings (SSSR count). The molecule has 0 aliphatic heterocycles. The highest BCUT2D eigenvalue weighted by Gasteiger charge is 2.36. The van der Waals surface area contributed by atoms with E-state index < -0.39 is 8.32 Å². The molecule has 0 unspecified atom stereocenters. The van der Waals surface area contributed by atoms with Gasteiger partial charge in [0.2, 0.25) is 0 Å². The van der Waals surface area contributed by atoms with Crippen LogP contribution in [0.1, 0.15) is 20.8 Å². The van der Waals surface area contributed by atoms with Gasteiger partial charge >= 0.3 is 0 Å². The summed E-state index contributed by atoms with van der Waals surface area (Å²) >= 11 is 5.66. The monoisotopic (exact) mass is 255 g/mol. The van der Waals surface area contributed by atoms with Crippen LogP contribution in [-0.2, 0) is 4.43 Å². The Morgan fingerprint density at radius 3 is 2.13 bits per heavy atom. The summed E-state index contributed by atoms with van der Waals surface area (Å²) in [5.41, 5.74) is 0. The minimum absolute atomic E-state index is 0.304. The van der Waals surface area contributed by atoms with Gasteiger partial charge in [0.25, 0.3) is 0 Å². The molecule has 0 saturated heterocycles. The van der Waals surface area contributed by atoms with Crippen molar-refractivity contribution >= 4 is 19.9 Å². The maximum Gasteiger partial charge on any atom is 0.192 e. The predicted octanol–water partition coefficient (Wildman–Crippen LogP) is 3.18. The summed E-state index contributed by atoms with van der Waals surface area (Å²) < 4.78 is 6.07. The van der Waals surface area contributed by atoms with Gasteiger partial charge in [-0.05, 0) is 25.2 Å². The van der Waals surface area contributed by atoms with E-state index in [1.165, 1.54) is 0 Å². The second-order valence-electron chi connectivity index (χ2n) is 5.60. The molecule has 2 nitrogen and oxygen atoms in total. The van der Waals surface area contributed by atoms with Gasteiger partial charge in [0, 0.05) is 25.6 Å². The molecular formula is C11H26ClNOSi. The van der Waals surface area contributed by atoms with E-state index in [1.807, 2.05) is 0 Å². The lowest BCUT2D eigenvalue weighted by Crippen LogP contribution is -2.42. The maximum atomic E-state index is 6.07. The normalized spacial score (nSPS) is 13.6. The van der Waals surface area contributed by atoms with Crippen LogP contribution >= 0.6 is 11.6 Å². The van der Waals surface area contributed by atoms with Crippen molar-refractivity contribution in [3.05, 3.63) is 0 Å². The molecule has 0 heterocycles. The van der Waals surface area contributed by atoms with E-state index in [2.05, 4.69) is 45.8 Å². The molecule has 0 N–H and O–H groups in total. The molecule has 4 heteroatoms. The van der Waals surface area contributed by atoms with Gasteiger partial charge in [0.1, 0.15) is 0 Å². The molecule has 0 saturated carbocycles. The Kier molecular flexibility index (Phi) is 6.41. The third kappa shape index (κ3) is 5.90. The Labute approximate surface area is 101 Å². The van der Waals surface area contributed by atoms with Crippen molar-refractivity contribution in [2.24, 2.45) is 0 Å². The molecule has 0 bridgehead atoms. The number of hydrogen-bond donors (Lipinski definition) is 0. The Morgan fingerprint density at radius 2 is 1.73 bits per heavy atom. The topological polar surface area (TPSA) is 12.5 Å². The van der Waals surface area contributed by atoms with Crippen LogP contribution in [0, 0.1) is 0 Å². The van der Waals surface area contributed by atoms with E-state index in [4.69, 9.17) is 16.0 Å². The van der Waals surface area contributed by atoms with Gasteiger partial charge in [-0.25, -0.2) is 0 Å². The van der Waals surface area contributed by atoms with Crippen LogP contribution in [-0.4, -0.2) is 45.8 Å². The summed E-state index contributed by atoms with van der Waals surface area (Å²) in [6.07, 6.45) is 0. The Hall–Kier alpha value is 0.427. The van der Waals surface area contributed by atoms with Crippen molar-refractivity contribution in [1.29, 1.82) is 0 Å². The minimum atomic E-state index is -1.55. The van der Waals surface area contributed by atoms with Gasteiger partial charge in [-0.3, -0.25) is 0 Å². The van der Waals surface area contributed by atoms with Crippen molar-refractivity contribution in [3.8, 4) is 0 Å². The van der Waals surface area contributed by atoms with E-state index in [0.29, 0.717) is 10.9 Å². The fraction of sp³-hybridized carbons (Fsp3) is 1.00. The summed E-state index contributed by atoms with van der Waals surface area (Å²) in [7, 11) is 0.526. The summed E-state index contributed by atoms with van der Waals surface area (Å²) in [5, 5.41) is 0.304. The van der Waals surface area contributed by atoms with E-state index in [9.17, 15) is 0 Å². The first-order chi connectivity index (χ1) is 6.70. The lowest BCUT2D eigenvalue weighted by atomic mass is 10.2. The van der Waals surface area contributed by atoms with Gasteiger partial charge in [-0.1, -0.05) is 20.8 Å². The minimum Gasteiger partial charge on any atom is -0.416 e. The second-order valence-corrected chi connectivity index (χ2v) is 10.8. The average molecular weight is 256 g/mol. The van der Waals surface area contributed by atoms with Crippen LogP contribution < -0.4 is 0 Å². The van der Waals surface area contributed by atoms with E-state index in [-0.39, 0.29) is 0 Å². The zero-order valence-electron chi connectivity index (χ0n) is 11.1. The molecule has 0 spiro atoms. The predicted molar refractivity (Wildman–Crippen MR) is 71.4 cm³/mol. The standard InChI is InChI=1S/C11H26ClNOSi/c1-11(2,3)15(5,6)14-10-9-13(4)8-7-12/h7-10H2,1-6H3/i7+1,8+1,9+1,10+1. The van der Waals surface area contributed by atoms with E-state index in [1.54, 1.807) is 0 Å². The number of rotatable bonds is 6. The SMILES string of the molecule is CN([13CH2][13CH2]Cl)[13CH2][13CH2]O[Si](C)(C)C(C)(C)C. The molecule has 0 fully saturated rings. The van der Waals surface area contributed by atoms with Gasteiger partial charge in [0.15, 0.2) is 8.32 Å². The van der Waals surface area contributed by atoms with Crippen LogP contribution in [0.2, 0.25) is 18.1 Å². The zero-order valence-corrected chi connectivity index (χ0v) is 12.8. The molecule has 0 atom stereocenters. The quantitative estimate of drug-likeness (QED) is 0.411. The first-order valence-corrected chi connectivity index (χ1v) is 9.03. The lowest BCUT2D eigenvalue weighted by Gasteiger charge is -2.36. The summed E-state index contributed by atoms with van der Waals surface area (Å²) in [6.45, 7) is 14.1. The van der Waals surface area contributed by atoms with Gasteiger partial charge in [-0.2, -0.15) is 0 Å². The molecule has 0 aromatic carbocycles. The Balaban J connectivity index is 3.85. The highest BCUT2D eigenvalue weighted by Crippen LogP contribution is 2.36. The van der Waals surface area contributed by atoms with E-state index >= 15 is 0 Å². The summed E-state index contributed by atoms with van der Waals surface area (Å²) in [6, 6.07) is 0. The molecule has 15 heavy (non-hydrogen) atoms. The Bertz CT molecular complexity index is 180. The molecule has 0 amide bonds. The molecule has 0 radical (unpaired) electrons. The second kappa shape index (κ2) is 6.23.